The summed E-state index contributed by atoms with van der Waals surface area (Å²) < 4.78 is 14.0. The molecule has 0 bridgehead atoms. The first-order valence-electron chi connectivity index (χ1n) is 10.1. The van der Waals surface area contributed by atoms with E-state index in [1.165, 1.54) is 0 Å². The molecule has 3 aromatic rings. The van der Waals surface area contributed by atoms with E-state index in [9.17, 15) is 0 Å². The standard InChI is InChI=1S/C20H25N7O2/c1-3-27-18(17-10-16(22-23-17)15-4-7-21-8-5-15)24-25-19(27)26-11-14(2)29-20(12-26)6-9-28-13-20/h4-5,7-8,10,14H,3,6,9,11-13H2,1-2H3,(H,22,23). The summed E-state index contributed by atoms with van der Waals surface area (Å²) in [5, 5.41) is 16.6. The second kappa shape index (κ2) is 7.23. The number of anilines is 1. The smallest absolute Gasteiger partial charge is 0.227 e. The molecule has 0 saturated carbocycles. The van der Waals surface area contributed by atoms with Crippen molar-refractivity contribution < 1.29 is 9.47 Å². The summed E-state index contributed by atoms with van der Waals surface area (Å²) in [5.41, 5.74) is 2.47. The third-order valence-corrected chi connectivity index (χ3v) is 5.60. The van der Waals surface area contributed by atoms with Gasteiger partial charge in [0.05, 0.1) is 24.9 Å². The number of nitrogens with zero attached hydrogens (tertiary/aromatic N) is 6. The Balaban J connectivity index is 1.46. The minimum Gasteiger partial charge on any atom is -0.378 e. The summed E-state index contributed by atoms with van der Waals surface area (Å²) in [5.74, 6) is 1.65. The number of H-pyrrole nitrogens is 1. The van der Waals surface area contributed by atoms with E-state index in [1.807, 2.05) is 18.2 Å². The van der Waals surface area contributed by atoms with E-state index in [0.29, 0.717) is 6.61 Å². The van der Waals surface area contributed by atoms with Crippen molar-refractivity contribution in [1.82, 2.24) is 29.9 Å². The highest BCUT2D eigenvalue weighted by Gasteiger charge is 2.44. The van der Waals surface area contributed by atoms with Crippen LogP contribution in [0.5, 0.6) is 0 Å². The normalized spacial score (nSPS) is 24.5. The molecule has 9 nitrogen and oxygen atoms in total. The number of aromatic amines is 1. The SMILES string of the molecule is CCn1c(-c2cc(-c3ccncc3)n[nH]2)nnc1N1CC(C)OC2(CCOC2)C1. The summed E-state index contributed by atoms with van der Waals surface area (Å²) in [7, 11) is 0. The number of ether oxygens (including phenoxy) is 2. The van der Waals surface area contributed by atoms with E-state index in [2.05, 4.69) is 48.7 Å². The Kier molecular flexibility index (Phi) is 4.56. The largest absolute Gasteiger partial charge is 0.378 e. The molecule has 0 aliphatic carbocycles. The van der Waals surface area contributed by atoms with Crippen LogP contribution in [0, 0.1) is 0 Å². The van der Waals surface area contributed by atoms with Gasteiger partial charge in [0, 0.05) is 44.1 Å². The zero-order chi connectivity index (χ0) is 19.8. The number of hydrogen-bond acceptors (Lipinski definition) is 7. The molecule has 0 amide bonds. The first kappa shape index (κ1) is 18.3. The maximum Gasteiger partial charge on any atom is 0.227 e. The molecular weight excluding hydrogens is 370 g/mol. The van der Waals surface area contributed by atoms with Crippen molar-refractivity contribution in [1.29, 1.82) is 0 Å². The summed E-state index contributed by atoms with van der Waals surface area (Å²) in [6.45, 7) is 7.90. The van der Waals surface area contributed by atoms with Crippen LogP contribution in [0.4, 0.5) is 5.95 Å². The molecule has 3 aromatic heterocycles. The summed E-state index contributed by atoms with van der Waals surface area (Å²) in [6, 6.07) is 5.88. The van der Waals surface area contributed by atoms with Crippen molar-refractivity contribution in [3.05, 3.63) is 30.6 Å². The number of hydrogen-bond donors (Lipinski definition) is 1. The van der Waals surface area contributed by atoms with Gasteiger partial charge < -0.3 is 14.4 Å². The molecule has 2 fully saturated rings. The molecule has 2 aliphatic heterocycles. The second-order valence-electron chi connectivity index (χ2n) is 7.77. The maximum atomic E-state index is 6.26. The fourth-order valence-corrected chi connectivity index (χ4v) is 4.31. The lowest BCUT2D eigenvalue weighted by atomic mass is 9.99. The van der Waals surface area contributed by atoms with Crippen molar-refractivity contribution in [2.45, 2.75) is 38.5 Å². The van der Waals surface area contributed by atoms with Crippen LogP contribution in [0.15, 0.2) is 30.6 Å². The van der Waals surface area contributed by atoms with Crippen molar-refractivity contribution >= 4 is 5.95 Å². The number of nitrogens with one attached hydrogen (secondary N) is 1. The zero-order valence-electron chi connectivity index (χ0n) is 16.7. The maximum absolute atomic E-state index is 6.26. The fraction of sp³-hybridized carbons (Fsp3) is 0.500. The van der Waals surface area contributed by atoms with E-state index in [4.69, 9.17) is 9.47 Å². The van der Waals surface area contributed by atoms with Gasteiger partial charge in [-0.3, -0.25) is 14.6 Å². The molecule has 2 unspecified atom stereocenters. The number of aromatic nitrogens is 6. The quantitative estimate of drug-likeness (QED) is 0.723. The van der Waals surface area contributed by atoms with E-state index >= 15 is 0 Å². The average Bonchev–Trinajstić information content (AvgIpc) is 3.47. The van der Waals surface area contributed by atoms with E-state index in [1.54, 1.807) is 12.4 Å². The minimum atomic E-state index is -0.245. The van der Waals surface area contributed by atoms with Crippen LogP contribution in [0.3, 0.4) is 0 Å². The highest BCUT2D eigenvalue weighted by molar-refractivity contribution is 5.65. The Labute approximate surface area is 169 Å². The molecule has 29 heavy (non-hydrogen) atoms. The number of rotatable bonds is 4. The van der Waals surface area contributed by atoms with Crippen molar-refractivity contribution in [2.24, 2.45) is 0 Å². The van der Waals surface area contributed by atoms with Gasteiger partial charge in [0.15, 0.2) is 5.82 Å². The zero-order valence-corrected chi connectivity index (χ0v) is 16.7. The molecule has 1 N–H and O–H groups in total. The van der Waals surface area contributed by atoms with Crippen molar-refractivity contribution in [3.63, 3.8) is 0 Å². The molecule has 0 aromatic carbocycles. The molecular formula is C20H25N7O2. The van der Waals surface area contributed by atoms with Crippen LogP contribution in [-0.4, -0.2) is 68.0 Å². The first-order chi connectivity index (χ1) is 14.2. The molecule has 1 spiro atoms. The molecule has 152 valence electrons. The first-order valence-corrected chi connectivity index (χ1v) is 10.1. The van der Waals surface area contributed by atoms with Crippen molar-refractivity contribution in [2.75, 3.05) is 31.2 Å². The van der Waals surface area contributed by atoms with Gasteiger partial charge in [0.1, 0.15) is 11.3 Å². The van der Waals surface area contributed by atoms with E-state index < -0.39 is 0 Å². The monoisotopic (exact) mass is 395 g/mol. The highest BCUT2D eigenvalue weighted by atomic mass is 16.6. The summed E-state index contributed by atoms with van der Waals surface area (Å²) in [6.07, 6.45) is 4.55. The Morgan fingerprint density at radius 2 is 2.14 bits per heavy atom. The summed E-state index contributed by atoms with van der Waals surface area (Å²) in [4.78, 5) is 6.35. The molecule has 2 saturated heterocycles. The second-order valence-corrected chi connectivity index (χ2v) is 7.77. The summed E-state index contributed by atoms with van der Waals surface area (Å²) >= 11 is 0. The molecule has 9 heteroatoms. The van der Waals surface area contributed by atoms with Gasteiger partial charge in [-0.05, 0) is 32.0 Å². The van der Waals surface area contributed by atoms with E-state index in [0.717, 1.165) is 61.4 Å². The molecule has 2 atom stereocenters. The lowest BCUT2D eigenvalue weighted by molar-refractivity contribution is -0.0994. The van der Waals surface area contributed by atoms with Gasteiger partial charge in [-0.25, -0.2) is 0 Å². The predicted molar refractivity (Wildman–Crippen MR) is 107 cm³/mol. The Morgan fingerprint density at radius 1 is 1.28 bits per heavy atom. The van der Waals surface area contributed by atoms with Gasteiger partial charge in [-0.15, -0.1) is 10.2 Å². The Bertz CT molecular complexity index is 978. The lowest BCUT2D eigenvalue weighted by Gasteiger charge is -2.43. The molecule has 5 rings (SSSR count). The van der Waals surface area contributed by atoms with Gasteiger partial charge in [-0.1, -0.05) is 0 Å². The van der Waals surface area contributed by atoms with Crippen molar-refractivity contribution in [3.8, 4) is 22.8 Å². The predicted octanol–water partition coefficient (Wildman–Crippen LogP) is 2.13. The number of morpholine rings is 1. The van der Waals surface area contributed by atoms with Crippen LogP contribution < -0.4 is 4.90 Å². The van der Waals surface area contributed by atoms with Crippen LogP contribution in [0.1, 0.15) is 20.3 Å². The van der Waals surface area contributed by atoms with Gasteiger partial charge in [0.2, 0.25) is 5.95 Å². The average molecular weight is 395 g/mol. The van der Waals surface area contributed by atoms with Gasteiger partial charge >= 0.3 is 0 Å². The number of pyridine rings is 1. The lowest BCUT2D eigenvalue weighted by Crippen LogP contribution is -2.56. The highest BCUT2D eigenvalue weighted by Crippen LogP contribution is 2.33. The minimum absolute atomic E-state index is 0.112. The molecule has 5 heterocycles. The topological polar surface area (TPSA) is 94.0 Å². The van der Waals surface area contributed by atoms with Crippen LogP contribution >= 0.6 is 0 Å². The van der Waals surface area contributed by atoms with Gasteiger partial charge in [-0.2, -0.15) is 5.10 Å². The van der Waals surface area contributed by atoms with Gasteiger partial charge in [0.25, 0.3) is 0 Å². The van der Waals surface area contributed by atoms with Crippen LogP contribution in [0.2, 0.25) is 0 Å². The third-order valence-electron chi connectivity index (χ3n) is 5.60. The molecule has 0 radical (unpaired) electrons. The Morgan fingerprint density at radius 3 is 2.90 bits per heavy atom. The Hall–Kier alpha value is -2.78. The van der Waals surface area contributed by atoms with E-state index in [-0.39, 0.29) is 11.7 Å². The molecule has 2 aliphatic rings. The van der Waals surface area contributed by atoms with Crippen LogP contribution in [-0.2, 0) is 16.0 Å². The van der Waals surface area contributed by atoms with Crippen LogP contribution in [0.25, 0.3) is 22.8 Å². The fourth-order valence-electron chi connectivity index (χ4n) is 4.31. The third kappa shape index (κ3) is 3.30.